The molecule has 0 radical (unpaired) electrons. The van der Waals surface area contributed by atoms with Gasteiger partial charge in [0.1, 0.15) is 0 Å². The fourth-order valence-electron chi connectivity index (χ4n) is 3.01. The minimum absolute atomic E-state index is 0.0401. The summed E-state index contributed by atoms with van der Waals surface area (Å²) in [4.78, 5) is 25.9. The predicted molar refractivity (Wildman–Crippen MR) is 96.2 cm³/mol. The molecular formula is C22H20O2. The standard InChI is InChI=1S/C22H20O2/c1-15-13-19(21(23)17-9-5-3-6-10-17)20(14-16(15)2)22(24)18-11-7-4-8-12-18/h3-12H,13-14H2,1-2H3. The molecule has 0 saturated carbocycles. The fraction of sp³-hybridized carbons (Fsp3) is 0.182. The average molecular weight is 316 g/mol. The van der Waals surface area contributed by atoms with E-state index in [-0.39, 0.29) is 11.6 Å². The zero-order valence-corrected chi connectivity index (χ0v) is 14.0. The van der Waals surface area contributed by atoms with Gasteiger partial charge in [-0.25, -0.2) is 0 Å². The second-order valence-corrected chi connectivity index (χ2v) is 6.26. The molecule has 0 fully saturated rings. The van der Waals surface area contributed by atoms with Crippen molar-refractivity contribution in [3.05, 3.63) is 94.1 Å². The van der Waals surface area contributed by atoms with Crippen molar-refractivity contribution in [3.8, 4) is 0 Å². The lowest BCUT2D eigenvalue weighted by atomic mass is 9.81. The van der Waals surface area contributed by atoms with Gasteiger partial charge in [-0.3, -0.25) is 9.59 Å². The molecule has 24 heavy (non-hydrogen) atoms. The second kappa shape index (κ2) is 6.79. The number of allylic oxidation sites excluding steroid dienone is 4. The first-order valence-electron chi connectivity index (χ1n) is 8.14. The molecule has 0 spiro atoms. The lowest BCUT2D eigenvalue weighted by molar-refractivity contribution is 0.0994. The summed E-state index contributed by atoms with van der Waals surface area (Å²) in [5.41, 5.74) is 4.91. The number of rotatable bonds is 4. The molecule has 0 saturated heterocycles. The number of ketones is 2. The van der Waals surface area contributed by atoms with E-state index in [0.29, 0.717) is 35.1 Å². The van der Waals surface area contributed by atoms with Gasteiger partial charge >= 0.3 is 0 Å². The largest absolute Gasteiger partial charge is 0.289 e. The van der Waals surface area contributed by atoms with Crippen LogP contribution < -0.4 is 0 Å². The van der Waals surface area contributed by atoms with Gasteiger partial charge in [0.2, 0.25) is 0 Å². The molecule has 2 heteroatoms. The van der Waals surface area contributed by atoms with Crippen LogP contribution in [0.1, 0.15) is 47.4 Å². The van der Waals surface area contributed by atoms with Gasteiger partial charge in [0.25, 0.3) is 0 Å². The summed E-state index contributed by atoms with van der Waals surface area (Å²) in [5, 5.41) is 0. The van der Waals surface area contributed by atoms with E-state index in [4.69, 9.17) is 0 Å². The van der Waals surface area contributed by atoms with Crippen LogP contribution in [0.3, 0.4) is 0 Å². The molecule has 2 aromatic rings. The van der Waals surface area contributed by atoms with Crippen LogP contribution in [0.4, 0.5) is 0 Å². The number of carbonyl (C=O) groups is 2. The first-order valence-corrected chi connectivity index (χ1v) is 8.14. The summed E-state index contributed by atoms with van der Waals surface area (Å²) in [6.45, 7) is 4.08. The van der Waals surface area contributed by atoms with Crippen LogP contribution in [0.15, 0.2) is 83.0 Å². The highest BCUT2D eigenvalue weighted by molar-refractivity contribution is 6.18. The zero-order valence-electron chi connectivity index (χ0n) is 14.0. The van der Waals surface area contributed by atoms with Crippen molar-refractivity contribution >= 4 is 11.6 Å². The minimum Gasteiger partial charge on any atom is -0.289 e. The average Bonchev–Trinajstić information content (AvgIpc) is 2.64. The van der Waals surface area contributed by atoms with Crippen molar-refractivity contribution in [2.24, 2.45) is 0 Å². The highest BCUT2D eigenvalue weighted by Crippen LogP contribution is 2.33. The molecule has 0 aromatic heterocycles. The first-order chi connectivity index (χ1) is 11.6. The molecule has 0 N–H and O–H groups in total. The van der Waals surface area contributed by atoms with E-state index in [1.165, 1.54) is 11.1 Å². The Morgan fingerprint density at radius 1 is 0.625 bits per heavy atom. The van der Waals surface area contributed by atoms with E-state index in [9.17, 15) is 9.59 Å². The van der Waals surface area contributed by atoms with E-state index in [2.05, 4.69) is 0 Å². The van der Waals surface area contributed by atoms with Crippen LogP contribution in [0, 0.1) is 0 Å². The Morgan fingerprint density at radius 2 is 0.958 bits per heavy atom. The molecule has 1 aliphatic rings. The lowest BCUT2D eigenvalue weighted by Crippen LogP contribution is -2.17. The summed E-state index contributed by atoms with van der Waals surface area (Å²) in [6, 6.07) is 18.4. The summed E-state index contributed by atoms with van der Waals surface area (Å²) >= 11 is 0. The van der Waals surface area contributed by atoms with Crippen molar-refractivity contribution in [1.82, 2.24) is 0 Å². The maximum atomic E-state index is 13.0. The molecule has 3 rings (SSSR count). The Hall–Kier alpha value is -2.74. The van der Waals surface area contributed by atoms with Crippen molar-refractivity contribution in [1.29, 1.82) is 0 Å². The topological polar surface area (TPSA) is 34.1 Å². The van der Waals surface area contributed by atoms with Crippen LogP contribution in [0.5, 0.6) is 0 Å². The predicted octanol–water partition coefficient (Wildman–Crippen LogP) is 5.18. The van der Waals surface area contributed by atoms with Crippen LogP contribution in [-0.4, -0.2) is 11.6 Å². The minimum atomic E-state index is -0.0401. The monoisotopic (exact) mass is 316 g/mol. The smallest absolute Gasteiger partial charge is 0.189 e. The number of carbonyl (C=O) groups excluding carboxylic acids is 2. The Balaban J connectivity index is 2.06. The van der Waals surface area contributed by atoms with Crippen molar-refractivity contribution in [3.63, 3.8) is 0 Å². The van der Waals surface area contributed by atoms with E-state index in [1.807, 2.05) is 50.2 Å². The molecule has 1 aliphatic carbocycles. The van der Waals surface area contributed by atoms with Crippen molar-refractivity contribution in [2.45, 2.75) is 26.7 Å². The molecule has 120 valence electrons. The Bertz CT molecular complexity index is 769. The van der Waals surface area contributed by atoms with Gasteiger partial charge < -0.3 is 0 Å². The van der Waals surface area contributed by atoms with Crippen LogP contribution in [-0.2, 0) is 0 Å². The normalized spacial score (nSPS) is 14.8. The van der Waals surface area contributed by atoms with Crippen molar-refractivity contribution in [2.75, 3.05) is 0 Å². The van der Waals surface area contributed by atoms with Crippen LogP contribution >= 0.6 is 0 Å². The van der Waals surface area contributed by atoms with Crippen LogP contribution in [0.2, 0.25) is 0 Å². The van der Waals surface area contributed by atoms with Gasteiger partial charge in [-0.05, 0) is 26.7 Å². The molecular weight excluding hydrogens is 296 g/mol. The van der Waals surface area contributed by atoms with Crippen LogP contribution in [0.25, 0.3) is 0 Å². The highest BCUT2D eigenvalue weighted by atomic mass is 16.1. The van der Waals surface area contributed by atoms with Gasteiger partial charge in [-0.2, -0.15) is 0 Å². The molecule has 0 bridgehead atoms. The number of Topliss-reactive ketones (excluding diaryl/α,β-unsaturated/α-hetero) is 2. The van der Waals surface area contributed by atoms with E-state index in [1.54, 1.807) is 24.3 Å². The molecule has 2 nitrogen and oxygen atoms in total. The Morgan fingerprint density at radius 3 is 1.29 bits per heavy atom. The molecule has 0 heterocycles. The SMILES string of the molecule is CC1=C(C)CC(C(=O)c2ccccc2)=C(C(=O)c2ccccc2)C1. The van der Waals surface area contributed by atoms with Gasteiger partial charge in [-0.1, -0.05) is 71.8 Å². The summed E-state index contributed by atoms with van der Waals surface area (Å²) in [7, 11) is 0. The zero-order chi connectivity index (χ0) is 17.1. The third-order valence-corrected chi connectivity index (χ3v) is 4.60. The van der Waals surface area contributed by atoms with Gasteiger partial charge in [0, 0.05) is 22.3 Å². The third-order valence-electron chi connectivity index (χ3n) is 4.60. The number of hydrogen-bond acceptors (Lipinski definition) is 2. The first kappa shape index (κ1) is 16.1. The summed E-state index contributed by atoms with van der Waals surface area (Å²) < 4.78 is 0. The number of benzene rings is 2. The van der Waals surface area contributed by atoms with Gasteiger partial charge in [0.15, 0.2) is 11.6 Å². The molecule has 0 unspecified atom stereocenters. The molecule has 2 aromatic carbocycles. The van der Waals surface area contributed by atoms with Gasteiger partial charge in [-0.15, -0.1) is 0 Å². The number of hydrogen-bond donors (Lipinski definition) is 0. The molecule has 0 atom stereocenters. The third kappa shape index (κ3) is 3.13. The Kier molecular flexibility index (Phi) is 4.57. The quantitative estimate of drug-likeness (QED) is 0.575. The molecule has 0 amide bonds. The maximum Gasteiger partial charge on any atom is 0.189 e. The molecule has 0 aliphatic heterocycles. The summed E-state index contributed by atoms with van der Waals surface area (Å²) in [5.74, 6) is -0.0801. The maximum absolute atomic E-state index is 13.0. The van der Waals surface area contributed by atoms with E-state index >= 15 is 0 Å². The summed E-state index contributed by atoms with van der Waals surface area (Å²) in [6.07, 6.45) is 1.10. The fourth-order valence-corrected chi connectivity index (χ4v) is 3.01. The Labute approximate surface area is 142 Å². The highest BCUT2D eigenvalue weighted by Gasteiger charge is 2.26. The lowest BCUT2D eigenvalue weighted by Gasteiger charge is -2.21. The second-order valence-electron chi connectivity index (χ2n) is 6.26. The van der Waals surface area contributed by atoms with E-state index in [0.717, 1.165) is 0 Å². The van der Waals surface area contributed by atoms with E-state index < -0.39 is 0 Å². The van der Waals surface area contributed by atoms with Crippen molar-refractivity contribution < 1.29 is 9.59 Å². The van der Waals surface area contributed by atoms with Gasteiger partial charge in [0.05, 0.1) is 0 Å².